The van der Waals surface area contributed by atoms with Gasteiger partial charge in [0, 0.05) is 72.4 Å². The van der Waals surface area contributed by atoms with Gasteiger partial charge in [0.1, 0.15) is 11.4 Å². The second-order valence-corrected chi connectivity index (χ2v) is 19.4. The molecule has 0 saturated heterocycles. The molecule has 10 nitrogen and oxygen atoms in total. The van der Waals surface area contributed by atoms with Crippen LogP contribution in [0.3, 0.4) is 0 Å². The van der Waals surface area contributed by atoms with Crippen LogP contribution in [-0.2, 0) is 40.0 Å². The molecule has 6 rings (SSSR count). The SMILES string of the molecule is CCCC[N+]1=C(/C=C/C=C/C=C2/N(CC)c3ccc4c(S(=O)(=O)O)cccc4c3C2(C)CCCCCC(=O)NCCOCCOCCOCCC)C(C)(C)c2c1ccc1c(C)cccc21. The minimum atomic E-state index is -4.45. The number of nitrogens with zero attached hydrogens (tertiary/aromatic N) is 2. The number of aryl methyl sites for hydroxylation is 1. The quantitative estimate of drug-likeness (QED) is 0.0292. The molecule has 1 atom stereocenters. The number of carbonyl (C=O) groups excluding carboxylic acids is 1. The smallest absolute Gasteiger partial charge is 0.295 e. The van der Waals surface area contributed by atoms with Crippen molar-refractivity contribution in [1.29, 1.82) is 0 Å². The summed E-state index contributed by atoms with van der Waals surface area (Å²) in [5.41, 5.74) is 7.80. The molecule has 11 heteroatoms. The Hall–Kier alpha value is -4.65. The van der Waals surface area contributed by atoms with Crippen LogP contribution >= 0.6 is 0 Å². The van der Waals surface area contributed by atoms with Crippen LogP contribution in [0.4, 0.5) is 11.4 Å². The molecule has 1 unspecified atom stereocenters. The lowest BCUT2D eigenvalue weighted by molar-refractivity contribution is -0.438. The maximum absolute atomic E-state index is 12.7. The van der Waals surface area contributed by atoms with Gasteiger partial charge in [-0.1, -0.05) is 87.7 Å². The van der Waals surface area contributed by atoms with Crippen molar-refractivity contribution in [3.8, 4) is 0 Å². The van der Waals surface area contributed by atoms with E-state index in [4.69, 9.17) is 14.2 Å². The molecule has 2 N–H and O–H groups in total. The Bertz CT molecular complexity index is 2540. The Morgan fingerprint density at radius 3 is 2.15 bits per heavy atom. The Labute approximate surface area is 388 Å². The van der Waals surface area contributed by atoms with E-state index in [1.54, 1.807) is 6.07 Å². The van der Waals surface area contributed by atoms with E-state index in [1.165, 1.54) is 39.4 Å². The standard InChI is InChI=1S/C54H71N3O7S/c1-8-11-33-57-45-29-27-41-40(4)20-18-21-43(41)51(45)53(5,6)48(57)24-14-12-15-25-49-54(7,31-17-13-16-26-50(58)55-32-35-63-37-39-64-38-36-62-34-9-2)52-44-22-19-23-47(65(59,60)61)42(44)28-30-46(52)56(49)10-3/h12,14-15,18-25,27-30H,8-11,13,16-17,26,31-39H2,1-7H3,(H-,55,58,59,60,61)/p+1. The number of rotatable bonds is 25. The molecule has 0 spiro atoms. The molecule has 1 amide bonds. The highest BCUT2D eigenvalue weighted by atomic mass is 32.2. The number of allylic oxidation sites excluding steroid dienone is 6. The first-order valence-corrected chi connectivity index (χ1v) is 25.3. The summed E-state index contributed by atoms with van der Waals surface area (Å²) in [6, 6.07) is 20.2. The number of benzene rings is 4. The number of unbranched alkanes of at least 4 members (excludes halogenated alkanes) is 3. The molecule has 2 heterocycles. The van der Waals surface area contributed by atoms with Gasteiger partial charge >= 0.3 is 0 Å². The summed E-state index contributed by atoms with van der Waals surface area (Å²) in [5.74, 6) is 0.00925. The normalized spacial score (nSPS) is 17.7. The molecular formula is C54H72N3O7S+. The van der Waals surface area contributed by atoms with E-state index in [0.717, 1.165) is 87.0 Å². The number of likely N-dealkylation sites (N-methyl/N-ethyl adjacent to an activating group) is 1. The van der Waals surface area contributed by atoms with Crippen LogP contribution in [0, 0.1) is 6.92 Å². The largest absolute Gasteiger partial charge is 0.379 e. The monoisotopic (exact) mass is 907 g/mol. The topological polar surface area (TPSA) is 117 Å². The van der Waals surface area contributed by atoms with Gasteiger partial charge in [0.05, 0.1) is 38.4 Å². The molecule has 0 aromatic heterocycles. The van der Waals surface area contributed by atoms with E-state index in [2.05, 4.69) is 124 Å². The number of nitrogens with one attached hydrogen (secondary N) is 1. The average molecular weight is 907 g/mol. The van der Waals surface area contributed by atoms with Gasteiger partial charge < -0.3 is 24.4 Å². The average Bonchev–Trinajstić information content (AvgIpc) is 3.66. The summed E-state index contributed by atoms with van der Waals surface area (Å²) < 4.78 is 54.4. The van der Waals surface area contributed by atoms with Gasteiger partial charge in [0.2, 0.25) is 11.6 Å². The zero-order valence-corrected chi connectivity index (χ0v) is 40.7. The molecule has 2 aliphatic heterocycles. The van der Waals surface area contributed by atoms with Gasteiger partial charge in [0.25, 0.3) is 10.1 Å². The van der Waals surface area contributed by atoms with Crippen LogP contribution in [0.5, 0.6) is 0 Å². The first-order valence-electron chi connectivity index (χ1n) is 23.8. The summed E-state index contributed by atoms with van der Waals surface area (Å²) in [6.07, 6.45) is 17.8. The molecule has 0 bridgehead atoms. The summed E-state index contributed by atoms with van der Waals surface area (Å²) in [6.45, 7) is 21.0. The lowest BCUT2D eigenvalue weighted by Gasteiger charge is -2.30. The summed E-state index contributed by atoms with van der Waals surface area (Å²) in [7, 11) is -4.45. The van der Waals surface area contributed by atoms with E-state index in [9.17, 15) is 17.8 Å². The zero-order chi connectivity index (χ0) is 46.6. The van der Waals surface area contributed by atoms with E-state index < -0.39 is 15.5 Å². The first-order chi connectivity index (χ1) is 31.3. The molecule has 0 fully saturated rings. The third-order valence-electron chi connectivity index (χ3n) is 13.1. The van der Waals surface area contributed by atoms with Crippen molar-refractivity contribution in [2.24, 2.45) is 0 Å². The van der Waals surface area contributed by atoms with Crippen molar-refractivity contribution in [3.05, 3.63) is 113 Å². The number of hydrogen-bond acceptors (Lipinski definition) is 7. The Morgan fingerprint density at radius 2 is 1.45 bits per heavy atom. The third kappa shape index (κ3) is 11.3. The highest BCUT2D eigenvalue weighted by Crippen LogP contribution is 2.54. The van der Waals surface area contributed by atoms with Crippen molar-refractivity contribution in [3.63, 3.8) is 0 Å². The van der Waals surface area contributed by atoms with Crippen molar-refractivity contribution in [2.45, 2.75) is 116 Å². The van der Waals surface area contributed by atoms with Crippen molar-refractivity contribution in [2.75, 3.05) is 64.2 Å². The number of amides is 1. The van der Waals surface area contributed by atoms with Crippen LogP contribution < -0.4 is 10.2 Å². The second-order valence-electron chi connectivity index (χ2n) is 18.1. The Balaban J connectivity index is 1.18. The molecule has 0 aliphatic carbocycles. The predicted octanol–water partition coefficient (Wildman–Crippen LogP) is 11.0. The fourth-order valence-electron chi connectivity index (χ4n) is 9.94. The van der Waals surface area contributed by atoms with E-state index in [1.807, 2.05) is 18.2 Å². The van der Waals surface area contributed by atoms with E-state index in [-0.39, 0.29) is 16.2 Å². The van der Waals surface area contributed by atoms with E-state index in [0.29, 0.717) is 51.4 Å². The van der Waals surface area contributed by atoms with Gasteiger partial charge in [-0.2, -0.15) is 13.0 Å². The fourth-order valence-corrected chi connectivity index (χ4v) is 10.6. The lowest BCUT2D eigenvalue weighted by atomic mass is 9.75. The van der Waals surface area contributed by atoms with Crippen LogP contribution in [0.15, 0.2) is 102 Å². The van der Waals surface area contributed by atoms with Crippen LogP contribution in [0.25, 0.3) is 21.5 Å². The Morgan fingerprint density at radius 1 is 0.754 bits per heavy atom. The van der Waals surface area contributed by atoms with Gasteiger partial charge in [-0.3, -0.25) is 9.35 Å². The highest BCUT2D eigenvalue weighted by Gasteiger charge is 2.46. The molecule has 350 valence electrons. The third-order valence-corrected chi connectivity index (χ3v) is 14.0. The number of fused-ring (bicyclic) bond motifs is 6. The summed E-state index contributed by atoms with van der Waals surface area (Å²) >= 11 is 0. The highest BCUT2D eigenvalue weighted by molar-refractivity contribution is 7.86. The van der Waals surface area contributed by atoms with Crippen LogP contribution in [0.1, 0.15) is 110 Å². The number of ether oxygens (including phenoxy) is 3. The van der Waals surface area contributed by atoms with Crippen LogP contribution in [-0.4, -0.2) is 88.4 Å². The van der Waals surface area contributed by atoms with Crippen molar-refractivity contribution < 1.29 is 36.6 Å². The molecule has 0 radical (unpaired) electrons. The maximum atomic E-state index is 12.7. The number of hydrogen-bond donors (Lipinski definition) is 2. The maximum Gasteiger partial charge on any atom is 0.295 e. The molecule has 4 aromatic carbocycles. The minimum Gasteiger partial charge on any atom is -0.379 e. The number of anilines is 1. The lowest BCUT2D eigenvalue weighted by Crippen LogP contribution is -2.29. The van der Waals surface area contributed by atoms with Crippen LogP contribution in [0.2, 0.25) is 0 Å². The van der Waals surface area contributed by atoms with Gasteiger partial charge in [-0.25, -0.2) is 0 Å². The first kappa shape index (κ1) is 49.8. The molecular weight excluding hydrogens is 835 g/mol. The second kappa shape index (κ2) is 22.7. The Kier molecular flexibility index (Phi) is 17.4. The van der Waals surface area contributed by atoms with Crippen molar-refractivity contribution in [1.82, 2.24) is 5.32 Å². The molecule has 65 heavy (non-hydrogen) atoms. The predicted molar refractivity (Wildman–Crippen MR) is 266 cm³/mol. The zero-order valence-electron chi connectivity index (χ0n) is 39.9. The molecule has 2 aliphatic rings. The minimum absolute atomic E-state index is 0.00925. The van der Waals surface area contributed by atoms with Crippen molar-refractivity contribution >= 4 is 54.7 Å². The fraction of sp³-hybridized carbons (Fsp3) is 0.481. The molecule has 4 aromatic rings. The van der Waals surface area contributed by atoms with Gasteiger partial charge in [-0.15, -0.1) is 0 Å². The number of carbonyl (C=O) groups is 1. The van der Waals surface area contributed by atoms with E-state index >= 15 is 0 Å². The summed E-state index contributed by atoms with van der Waals surface area (Å²) in [4.78, 5) is 15.0. The molecule has 0 saturated carbocycles. The van der Waals surface area contributed by atoms with Gasteiger partial charge in [0.15, 0.2) is 5.71 Å². The van der Waals surface area contributed by atoms with Gasteiger partial charge in [-0.05, 0) is 105 Å². The summed E-state index contributed by atoms with van der Waals surface area (Å²) in [5, 5.41) is 6.92.